The normalized spacial score (nSPS) is 10.5. The lowest BCUT2D eigenvalue weighted by atomic mass is 10.1. The summed E-state index contributed by atoms with van der Waals surface area (Å²) in [7, 11) is 0. The fraction of sp³-hybridized carbons (Fsp3) is 0.111. The molecular weight excluding hydrogens is 350 g/mol. The fourth-order valence-corrected chi connectivity index (χ4v) is 3.10. The van der Waals surface area contributed by atoms with Crippen LogP contribution in [0.4, 0.5) is 11.6 Å². The molecular formula is C18H17N5O2S. The van der Waals surface area contributed by atoms with Crippen molar-refractivity contribution in [2.45, 2.75) is 12.1 Å². The van der Waals surface area contributed by atoms with E-state index in [1.165, 1.54) is 18.7 Å². The zero-order chi connectivity index (χ0) is 18.5. The molecule has 7 nitrogen and oxygen atoms in total. The van der Waals surface area contributed by atoms with Gasteiger partial charge >= 0.3 is 0 Å². The van der Waals surface area contributed by atoms with Crippen molar-refractivity contribution in [3.63, 3.8) is 0 Å². The third kappa shape index (κ3) is 4.09. The van der Waals surface area contributed by atoms with Crippen LogP contribution in [0.1, 0.15) is 17.3 Å². The first kappa shape index (κ1) is 17.7. The van der Waals surface area contributed by atoms with Crippen LogP contribution in [0.5, 0.6) is 0 Å². The summed E-state index contributed by atoms with van der Waals surface area (Å²) < 4.78 is 1.69. The van der Waals surface area contributed by atoms with Crippen molar-refractivity contribution in [2.24, 2.45) is 0 Å². The van der Waals surface area contributed by atoms with E-state index >= 15 is 0 Å². The number of hydrogen-bond acceptors (Lipinski definition) is 6. The average molecular weight is 367 g/mol. The highest BCUT2D eigenvalue weighted by Gasteiger charge is 2.14. The molecule has 0 fully saturated rings. The summed E-state index contributed by atoms with van der Waals surface area (Å²) in [5, 5.41) is 11.2. The van der Waals surface area contributed by atoms with Gasteiger partial charge in [-0.2, -0.15) is 0 Å². The van der Waals surface area contributed by atoms with Crippen LogP contribution in [0.25, 0.3) is 5.69 Å². The highest BCUT2D eigenvalue weighted by atomic mass is 32.2. The van der Waals surface area contributed by atoms with Crippen LogP contribution in [0.2, 0.25) is 0 Å². The molecule has 0 saturated heterocycles. The van der Waals surface area contributed by atoms with E-state index in [9.17, 15) is 9.59 Å². The molecule has 0 aliphatic carbocycles. The molecule has 3 rings (SSSR count). The van der Waals surface area contributed by atoms with Gasteiger partial charge in [-0.25, -0.2) is 0 Å². The Bertz CT molecular complexity index is 940. The number of benzene rings is 2. The smallest absolute Gasteiger partial charge is 0.234 e. The van der Waals surface area contributed by atoms with E-state index in [-0.39, 0.29) is 23.4 Å². The Hall–Kier alpha value is -3.13. The molecule has 0 aliphatic heterocycles. The number of hydrogen-bond donors (Lipinski definition) is 2. The number of rotatable bonds is 6. The summed E-state index contributed by atoms with van der Waals surface area (Å²) in [5.74, 6) is 0.127. The van der Waals surface area contributed by atoms with Gasteiger partial charge in [0.2, 0.25) is 11.9 Å². The van der Waals surface area contributed by atoms with Gasteiger partial charge in [0.15, 0.2) is 10.9 Å². The number of ketones is 1. The minimum absolute atomic E-state index is 0.0538. The van der Waals surface area contributed by atoms with Gasteiger partial charge in [-0.1, -0.05) is 42.1 Å². The minimum Gasteiger partial charge on any atom is -0.368 e. The number of nitrogens with zero attached hydrogens (tertiary/aromatic N) is 3. The molecule has 0 atom stereocenters. The molecule has 3 N–H and O–H groups in total. The Labute approximate surface area is 154 Å². The lowest BCUT2D eigenvalue weighted by Crippen LogP contribution is -2.15. The second-order valence-corrected chi connectivity index (χ2v) is 6.43. The van der Waals surface area contributed by atoms with Crippen LogP contribution in [0.15, 0.2) is 59.8 Å². The maximum atomic E-state index is 12.2. The number of nitrogen functional groups attached to an aromatic ring is 1. The standard InChI is InChI=1S/C18H17N5O2S/c1-12(24)13-6-5-7-14(10-13)20-16(25)11-26-18-22-21-17(19)23(18)15-8-3-2-4-9-15/h2-10H,11H2,1H3,(H2,19,21)(H,20,25). The maximum absolute atomic E-state index is 12.2. The molecule has 26 heavy (non-hydrogen) atoms. The molecule has 0 unspecified atom stereocenters. The lowest BCUT2D eigenvalue weighted by molar-refractivity contribution is -0.113. The van der Waals surface area contributed by atoms with Gasteiger partial charge in [0, 0.05) is 11.3 Å². The molecule has 0 saturated carbocycles. The van der Waals surface area contributed by atoms with E-state index in [4.69, 9.17) is 5.73 Å². The molecule has 0 radical (unpaired) electrons. The Kier molecular flexibility index (Phi) is 5.33. The molecule has 1 amide bonds. The molecule has 8 heteroatoms. The van der Waals surface area contributed by atoms with Crippen LogP contribution < -0.4 is 11.1 Å². The number of carbonyl (C=O) groups excluding carboxylic acids is 2. The van der Waals surface area contributed by atoms with E-state index in [0.717, 1.165) is 5.69 Å². The van der Waals surface area contributed by atoms with Crippen molar-refractivity contribution in [1.29, 1.82) is 0 Å². The zero-order valence-electron chi connectivity index (χ0n) is 14.0. The van der Waals surface area contributed by atoms with Crippen LogP contribution >= 0.6 is 11.8 Å². The van der Waals surface area contributed by atoms with Crippen molar-refractivity contribution in [3.05, 3.63) is 60.2 Å². The quantitative estimate of drug-likeness (QED) is 0.513. The number of anilines is 2. The van der Waals surface area contributed by atoms with E-state index in [0.29, 0.717) is 16.4 Å². The van der Waals surface area contributed by atoms with Crippen LogP contribution in [0.3, 0.4) is 0 Å². The largest absolute Gasteiger partial charge is 0.368 e. The number of aromatic nitrogens is 3. The summed E-state index contributed by atoms with van der Waals surface area (Å²) >= 11 is 1.23. The van der Waals surface area contributed by atoms with Gasteiger partial charge in [-0.05, 0) is 31.2 Å². The van der Waals surface area contributed by atoms with Crippen LogP contribution in [-0.2, 0) is 4.79 Å². The summed E-state index contributed by atoms with van der Waals surface area (Å²) in [6.07, 6.45) is 0. The third-order valence-electron chi connectivity index (χ3n) is 3.56. The molecule has 132 valence electrons. The third-order valence-corrected chi connectivity index (χ3v) is 4.49. The lowest BCUT2D eigenvalue weighted by Gasteiger charge is -2.08. The van der Waals surface area contributed by atoms with Crippen LogP contribution in [0, 0.1) is 0 Å². The molecule has 0 aliphatic rings. The van der Waals surface area contributed by atoms with Gasteiger partial charge in [-0.15, -0.1) is 10.2 Å². The number of thioether (sulfide) groups is 1. The van der Waals surface area contributed by atoms with E-state index in [2.05, 4.69) is 15.5 Å². The Morgan fingerprint density at radius 1 is 1.12 bits per heavy atom. The molecule has 1 aromatic heterocycles. The van der Waals surface area contributed by atoms with Crippen molar-refractivity contribution in [2.75, 3.05) is 16.8 Å². The number of amides is 1. The number of Topliss-reactive ketones (excluding diaryl/α,β-unsaturated/α-hetero) is 1. The van der Waals surface area contributed by atoms with Gasteiger partial charge in [-0.3, -0.25) is 14.2 Å². The first-order chi connectivity index (χ1) is 12.5. The van der Waals surface area contributed by atoms with E-state index in [1.807, 2.05) is 30.3 Å². The number of nitrogens with one attached hydrogen (secondary N) is 1. The number of nitrogens with two attached hydrogens (primary N) is 1. The second-order valence-electron chi connectivity index (χ2n) is 5.49. The second kappa shape index (κ2) is 7.83. The molecule has 2 aromatic carbocycles. The van der Waals surface area contributed by atoms with Gasteiger partial charge in [0.1, 0.15) is 0 Å². The summed E-state index contributed by atoms with van der Waals surface area (Å²) in [4.78, 5) is 23.6. The van der Waals surface area contributed by atoms with Crippen molar-refractivity contribution in [1.82, 2.24) is 14.8 Å². The first-order valence-electron chi connectivity index (χ1n) is 7.84. The summed E-state index contributed by atoms with van der Waals surface area (Å²) in [6.45, 7) is 1.48. The van der Waals surface area contributed by atoms with E-state index in [1.54, 1.807) is 28.8 Å². The highest BCUT2D eigenvalue weighted by Crippen LogP contribution is 2.23. The minimum atomic E-state index is -0.211. The highest BCUT2D eigenvalue weighted by molar-refractivity contribution is 7.99. The van der Waals surface area contributed by atoms with Gasteiger partial charge in [0.05, 0.1) is 11.4 Å². The number of carbonyl (C=O) groups is 2. The maximum Gasteiger partial charge on any atom is 0.234 e. The van der Waals surface area contributed by atoms with Gasteiger partial charge in [0.25, 0.3) is 0 Å². The average Bonchev–Trinajstić information content (AvgIpc) is 3.01. The van der Waals surface area contributed by atoms with Gasteiger partial charge < -0.3 is 11.1 Å². The van der Waals surface area contributed by atoms with Crippen LogP contribution in [-0.4, -0.2) is 32.2 Å². The Morgan fingerprint density at radius 2 is 1.88 bits per heavy atom. The molecule has 0 bridgehead atoms. The summed E-state index contributed by atoms with van der Waals surface area (Å²) in [6, 6.07) is 16.3. The molecule has 1 heterocycles. The Balaban J connectivity index is 1.67. The summed E-state index contributed by atoms with van der Waals surface area (Å²) in [5.41, 5.74) is 7.84. The molecule has 3 aromatic rings. The SMILES string of the molecule is CC(=O)c1cccc(NC(=O)CSc2nnc(N)n2-c2ccccc2)c1. The predicted octanol–water partition coefficient (Wildman–Crippen LogP) is 2.78. The molecule has 0 spiro atoms. The fourth-order valence-electron chi connectivity index (χ4n) is 2.34. The predicted molar refractivity (Wildman–Crippen MR) is 102 cm³/mol. The first-order valence-corrected chi connectivity index (χ1v) is 8.83. The Morgan fingerprint density at radius 3 is 2.62 bits per heavy atom. The topological polar surface area (TPSA) is 103 Å². The monoisotopic (exact) mass is 367 g/mol. The van der Waals surface area contributed by atoms with Crippen molar-refractivity contribution in [3.8, 4) is 5.69 Å². The van der Waals surface area contributed by atoms with Crippen molar-refractivity contribution < 1.29 is 9.59 Å². The number of para-hydroxylation sites is 1. The zero-order valence-corrected chi connectivity index (χ0v) is 14.9. The van der Waals surface area contributed by atoms with E-state index < -0.39 is 0 Å². The van der Waals surface area contributed by atoms with Crippen molar-refractivity contribution >= 4 is 35.1 Å².